The van der Waals surface area contributed by atoms with E-state index in [1.54, 1.807) is 6.08 Å². The Labute approximate surface area is 149 Å². The molecule has 0 bridgehead atoms. The van der Waals surface area contributed by atoms with E-state index >= 15 is 0 Å². The second-order valence-corrected chi connectivity index (χ2v) is 7.76. The van der Waals surface area contributed by atoms with Crippen molar-refractivity contribution in [3.63, 3.8) is 0 Å². The minimum absolute atomic E-state index is 0.0233. The number of aromatic nitrogens is 2. The van der Waals surface area contributed by atoms with Crippen molar-refractivity contribution in [1.29, 1.82) is 0 Å². The molecule has 0 spiro atoms. The molecule has 132 valence electrons. The van der Waals surface area contributed by atoms with Gasteiger partial charge in [0.05, 0.1) is 17.9 Å². The van der Waals surface area contributed by atoms with Crippen LogP contribution in [0, 0.1) is 0 Å². The van der Waals surface area contributed by atoms with Crippen molar-refractivity contribution in [3.8, 4) is 5.69 Å². The predicted molar refractivity (Wildman–Crippen MR) is 101 cm³/mol. The average molecular weight is 337 g/mol. The maximum absolute atomic E-state index is 11.9. The van der Waals surface area contributed by atoms with Crippen LogP contribution in [0.25, 0.3) is 5.69 Å². The van der Waals surface area contributed by atoms with E-state index in [2.05, 4.69) is 62.0 Å². The lowest BCUT2D eigenvalue weighted by molar-refractivity contribution is -0.121. The van der Waals surface area contributed by atoms with Crippen molar-refractivity contribution in [2.45, 2.75) is 57.9 Å². The molecule has 0 saturated heterocycles. The summed E-state index contributed by atoms with van der Waals surface area (Å²) in [5.41, 5.74) is 4.88. The van der Waals surface area contributed by atoms with E-state index in [0.29, 0.717) is 6.42 Å². The average Bonchev–Trinajstić information content (AvgIpc) is 2.99. The lowest BCUT2D eigenvalue weighted by Gasteiger charge is -2.24. The molecule has 1 unspecified atom stereocenters. The fourth-order valence-corrected chi connectivity index (χ4v) is 3.42. The fourth-order valence-electron chi connectivity index (χ4n) is 3.42. The smallest absolute Gasteiger partial charge is 0.224 e. The van der Waals surface area contributed by atoms with Crippen LogP contribution in [0.5, 0.6) is 0 Å². The summed E-state index contributed by atoms with van der Waals surface area (Å²) in [6.45, 7) is 10.3. The molecule has 1 atom stereocenters. The highest BCUT2D eigenvalue weighted by Gasteiger charge is 2.26. The molecule has 25 heavy (non-hydrogen) atoms. The van der Waals surface area contributed by atoms with Crippen molar-refractivity contribution in [2.75, 3.05) is 0 Å². The number of hydrogen-bond acceptors (Lipinski definition) is 2. The Morgan fingerprint density at radius 2 is 2.08 bits per heavy atom. The number of carbonyl (C=O) groups is 1. The van der Waals surface area contributed by atoms with Gasteiger partial charge in [0, 0.05) is 17.7 Å². The van der Waals surface area contributed by atoms with Gasteiger partial charge in [0.1, 0.15) is 0 Å². The van der Waals surface area contributed by atoms with E-state index < -0.39 is 0 Å². The van der Waals surface area contributed by atoms with Crippen molar-refractivity contribution < 1.29 is 4.79 Å². The highest BCUT2D eigenvalue weighted by molar-refractivity contribution is 5.77. The van der Waals surface area contributed by atoms with E-state index in [1.807, 2.05) is 10.9 Å². The molecule has 1 aliphatic carbocycles. The second kappa shape index (κ2) is 6.87. The summed E-state index contributed by atoms with van der Waals surface area (Å²) in [5, 5.41) is 7.71. The van der Waals surface area contributed by atoms with Crippen molar-refractivity contribution >= 4 is 5.91 Å². The zero-order valence-electron chi connectivity index (χ0n) is 15.4. The lowest BCUT2D eigenvalue weighted by atomic mass is 9.87. The number of rotatable bonds is 4. The van der Waals surface area contributed by atoms with Gasteiger partial charge in [0.15, 0.2) is 0 Å². The fraction of sp³-hybridized carbons (Fsp3) is 0.429. The Morgan fingerprint density at radius 1 is 1.36 bits per heavy atom. The molecule has 3 rings (SSSR count). The highest BCUT2D eigenvalue weighted by Crippen LogP contribution is 2.31. The first-order valence-electron chi connectivity index (χ1n) is 8.98. The van der Waals surface area contributed by atoms with Gasteiger partial charge in [0.2, 0.25) is 5.91 Å². The number of hydrogen-bond donors (Lipinski definition) is 1. The molecule has 2 aromatic rings. The summed E-state index contributed by atoms with van der Waals surface area (Å²) in [5.74, 6) is 0.0233. The number of nitrogens with one attached hydrogen (secondary N) is 1. The first kappa shape index (κ1) is 17.5. The third kappa shape index (κ3) is 3.68. The summed E-state index contributed by atoms with van der Waals surface area (Å²) in [4.78, 5) is 11.9. The van der Waals surface area contributed by atoms with E-state index in [1.165, 1.54) is 11.3 Å². The SMILES string of the molecule is C=CCC(=O)NC1CCCc2c1cnn2-c1ccc(C(C)(C)C)cc1. The molecule has 0 fully saturated rings. The number of fused-ring (bicyclic) bond motifs is 1. The zero-order valence-corrected chi connectivity index (χ0v) is 15.4. The van der Waals surface area contributed by atoms with Gasteiger partial charge < -0.3 is 5.32 Å². The molecule has 4 heteroatoms. The maximum Gasteiger partial charge on any atom is 0.224 e. The summed E-state index contributed by atoms with van der Waals surface area (Å²) >= 11 is 0. The Hall–Kier alpha value is -2.36. The van der Waals surface area contributed by atoms with Crippen molar-refractivity contribution in [1.82, 2.24) is 15.1 Å². The Morgan fingerprint density at radius 3 is 2.72 bits per heavy atom. The largest absolute Gasteiger partial charge is 0.349 e. The topological polar surface area (TPSA) is 46.9 Å². The third-order valence-electron chi connectivity index (χ3n) is 4.83. The highest BCUT2D eigenvalue weighted by atomic mass is 16.1. The quantitative estimate of drug-likeness (QED) is 0.848. The molecule has 0 aliphatic heterocycles. The van der Waals surface area contributed by atoms with E-state index in [9.17, 15) is 4.79 Å². The predicted octanol–water partition coefficient (Wildman–Crippen LogP) is 4.24. The molecule has 1 N–H and O–H groups in total. The first-order chi connectivity index (χ1) is 11.9. The minimum Gasteiger partial charge on any atom is -0.349 e. The number of benzene rings is 1. The molecule has 1 aromatic heterocycles. The maximum atomic E-state index is 11.9. The van der Waals surface area contributed by atoms with E-state index in [0.717, 1.165) is 30.5 Å². The van der Waals surface area contributed by atoms with Crippen LogP contribution in [0.15, 0.2) is 43.1 Å². The van der Waals surface area contributed by atoms with Crippen molar-refractivity contribution in [2.24, 2.45) is 0 Å². The standard InChI is InChI=1S/C21H27N3O/c1-5-7-20(25)23-18-8-6-9-19-17(18)14-22-24(19)16-12-10-15(11-13-16)21(2,3)4/h5,10-14,18H,1,6-9H2,2-4H3,(H,23,25). The van der Waals surface area contributed by atoms with Gasteiger partial charge in [-0.1, -0.05) is 39.0 Å². The third-order valence-corrected chi connectivity index (χ3v) is 4.83. The molecular formula is C21H27N3O. The van der Waals surface area contributed by atoms with E-state index in [-0.39, 0.29) is 17.4 Å². The van der Waals surface area contributed by atoms with Crippen LogP contribution in [0.4, 0.5) is 0 Å². The normalized spacial score (nSPS) is 17.0. The Bertz CT molecular complexity index is 765. The molecule has 0 radical (unpaired) electrons. The van der Waals surface area contributed by atoms with Gasteiger partial charge in [-0.3, -0.25) is 4.79 Å². The molecule has 1 aliphatic rings. The van der Waals surface area contributed by atoms with Gasteiger partial charge in [0.25, 0.3) is 0 Å². The Kier molecular flexibility index (Phi) is 4.80. The van der Waals surface area contributed by atoms with Crippen LogP contribution < -0.4 is 5.32 Å². The molecule has 4 nitrogen and oxygen atoms in total. The molecular weight excluding hydrogens is 310 g/mol. The zero-order chi connectivity index (χ0) is 18.0. The van der Waals surface area contributed by atoms with Gasteiger partial charge in [-0.15, -0.1) is 6.58 Å². The summed E-state index contributed by atoms with van der Waals surface area (Å²) in [7, 11) is 0. The molecule has 1 amide bonds. The Balaban J connectivity index is 1.87. The van der Waals surface area contributed by atoms with Crippen LogP contribution in [0.1, 0.15) is 62.9 Å². The number of amides is 1. The first-order valence-corrected chi connectivity index (χ1v) is 8.98. The van der Waals surface area contributed by atoms with E-state index in [4.69, 9.17) is 0 Å². The van der Waals surface area contributed by atoms with Crippen molar-refractivity contribution in [3.05, 3.63) is 59.9 Å². The monoisotopic (exact) mass is 337 g/mol. The van der Waals surface area contributed by atoms with Crippen LogP contribution in [-0.4, -0.2) is 15.7 Å². The minimum atomic E-state index is 0.0233. The van der Waals surface area contributed by atoms with Crippen LogP contribution >= 0.6 is 0 Å². The summed E-state index contributed by atoms with van der Waals surface area (Å²) in [6.07, 6.45) is 6.91. The van der Waals surface area contributed by atoms with Crippen LogP contribution in [0.3, 0.4) is 0 Å². The van der Waals surface area contributed by atoms with Gasteiger partial charge in [-0.2, -0.15) is 5.10 Å². The molecule has 1 aromatic carbocycles. The van der Waals surface area contributed by atoms with Crippen LogP contribution in [0.2, 0.25) is 0 Å². The summed E-state index contributed by atoms with van der Waals surface area (Å²) < 4.78 is 2.02. The van der Waals surface area contributed by atoms with Gasteiger partial charge in [-0.05, 0) is 42.4 Å². The lowest BCUT2D eigenvalue weighted by Crippen LogP contribution is -2.30. The summed E-state index contributed by atoms with van der Waals surface area (Å²) in [6, 6.07) is 8.67. The van der Waals surface area contributed by atoms with Gasteiger partial charge >= 0.3 is 0 Å². The second-order valence-electron chi connectivity index (χ2n) is 7.76. The number of carbonyl (C=O) groups excluding carboxylic acids is 1. The molecule has 1 heterocycles. The molecule has 0 saturated carbocycles. The van der Waals surface area contributed by atoms with Crippen LogP contribution in [-0.2, 0) is 16.6 Å². The van der Waals surface area contributed by atoms with Gasteiger partial charge in [-0.25, -0.2) is 4.68 Å². The number of nitrogens with zero attached hydrogens (tertiary/aromatic N) is 2.